The first-order chi connectivity index (χ1) is 9.56. The molecule has 5 heteroatoms. The Balaban J connectivity index is 2.43. The van der Waals surface area contributed by atoms with Gasteiger partial charge in [-0.3, -0.25) is 0 Å². The largest absolute Gasteiger partial charge is 0.497 e. The third-order valence-corrected chi connectivity index (χ3v) is 3.82. The van der Waals surface area contributed by atoms with E-state index in [-0.39, 0.29) is 11.9 Å². The summed E-state index contributed by atoms with van der Waals surface area (Å²) in [6.45, 7) is 0. The van der Waals surface area contributed by atoms with Crippen LogP contribution in [0, 0.1) is 5.82 Å². The van der Waals surface area contributed by atoms with Gasteiger partial charge in [-0.1, -0.05) is 35.3 Å². The molecule has 0 heterocycles. The molecule has 0 aliphatic carbocycles. The molecule has 0 amide bonds. The van der Waals surface area contributed by atoms with Crippen LogP contribution in [0.2, 0.25) is 10.0 Å². The molecule has 0 radical (unpaired) electrons. The molecule has 0 bridgehead atoms. The van der Waals surface area contributed by atoms with E-state index < -0.39 is 0 Å². The Morgan fingerprint density at radius 3 is 2.40 bits per heavy atom. The summed E-state index contributed by atoms with van der Waals surface area (Å²) in [5, 5.41) is 3.99. The van der Waals surface area contributed by atoms with Crippen molar-refractivity contribution >= 4 is 23.2 Å². The zero-order valence-electron chi connectivity index (χ0n) is 11.1. The van der Waals surface area contributed by atoms with Crippen molar-refractivity contribution in [2.75, 3.05) is 14.2 Å². The zero-order valence-corrected chi connectivity index (χ0v) is 12.6. The van der Waals surface area contributed by atoms with Crippen molar-refractivity contribution in [3.63, 3.8) is 0 Å². The number of ether oxygens (including phenoxy) is 1. The van der Waals surface area contributed by atoms with Gasteiger partial charge in [0.25, 0.3) is 0 Å². The van der Waals surface area contributed by atoms with Crippen LogP contribution in [0.5, 0.6) is 5.75 Å². The smallest absolute Gasteiger partial charge is 0.132 e. The quantitative estimate of drug-likeness (QED) is 0.900. The Bertz CT molecular complexity index is 619. The van der Waals surface area contributed by atoms with E-state index in [0.29, 0.717) is 21.4 Å². The molecule has 0 aliphatic heterocycles. The van der Waals surface area contributed by atoms with Crippen LogP contribution in [0.4, 0.5) is 4.39 Å². The van der Waals surface area contributed by atoms with Crippen molar-refractivity contribution < 1.29 is 9.13 Å². The predicted octanol–water partition coefficient (Wildman–Crippen LogP) is 4.45. The van der Waals surface area contributed by atoms with E-state index in [9.17, 15) is 4.39 Å². The Labute approximate surface area is 127 Å². The highest BCUT2D eigenvalue weighted by Crippen LogP contribution is 2.30. The molecular weight excluding hydrogens is 300 g/mol. The van der Waals surface area contributed by atoms with Crippen LogP contribution in [0.25, 0.3) is 0 Å². The van der Waals surface area contributed by atoms with Crippen molar-refractivity contribution in [3.8, 4) is 5.75 Å². The minimum absolute atomic E-state index is 0.310. The SMILES string of the molecule is CNC(c1ccc(Cl)c(Cl)c1)c1ccc(OC)cc1F. The van der Waals surface area contributed by atoms with Crippen LogP contribution in [0.1, 0.15) is 17.2 Å². The van der Waals surface area contributed by atoms with Crippen LogP contribution in [-0.4, -0.2) is 14.2 Å². The maximum absolute atomic E-state index is 14.2. The minimum Gasteiger partial charge on any atom is -0.497 e. The van der Waals surface area contributed by atoms with Gasteiger partial charge in [-0.05, 0) is 30.8 Å². The third-order valence-electron chi connectivity index (χ3n) is 3.08. The molecule has 0 fully saturated rings. The van der Waals surface area contributed by atoms with Gasteiger partial charge < -0.3 is 10.1 Å². The summed E-state index contributed by atoms with van der Waals surface area (Å²) in [5.74, 6) is 0.144. The van der Waals surface area contributed by atoms with Gasteiger partial charge in [-0.25, -0.2) is 4.39 Å². The van der Waals surface area contributed by atoms with Crippen molar-refractivity contribution in [2.45, 2.75) is 6.04 Å². The van der Waals surface area contributed by atoms with E-state index in [4.69, 9.17) is 27.9 Å². The summed E-state index contributed by atoms with van der Waals surface area (Å²) in [4.78, 5) is 0. The molecule has 1 atom stereocenters. The predicted molar refractivity (Wildman–Crippen MR) is 80.3 cm³/mol. The lowest BCUT2D eigenvalue weighted by atomic mass is 9.98. The molecule has 2 aromatic carbocycles. The molecule has 1 N–H and O–H groups in total. The third kappa shape index (κ3) is 3.06. The van der Waals surface area contributed by atoms with Gasteiger partial charge >= 0.3 is 0 Å². The Hall–Kier alpha value is -1.29. The van der Waals surface area contributed by atoms with E-state index in [1.807, 2.05) is 6.07 Å². The molecule has 0 saturated carbocycles. The zero-order chi connectivity index (χ0) is 14.7. The Morgan fingerprint density at radius 2 is 1.85 bits per heavy atom. The average Bonchev–Trinajstić information content (AvgIpc) is 2.45. The van der Waals surface area contributed by atoms with Gasteiger partial charge in [0.2, 0.25) is 0 Å². The number of benzene rings is 2. The van der Waals surface area contributed by atoms with Crippen molar-refractivity contribution in [2.24, 2.45) is 0 Å². The minimum atomic E-state index is -0.338. The average molecular weight is 314 g/mol. The summed E-state index contributed by atoms with van der Waals surface area (Å²) in [7, 11) is 3.26. The van der Waals surface area contributed by atoms with Gasteiger partial charge in [0, 0.05) is 11.6 Å². The standard InChI is InChI=1S/C15H14Cl2FNO/c1-19-15(9-3-6-12(16)13(17)7-9)11-5-4-10(20-2)8-14(11)18/h3-8,15,19H,1-2H3. The fraction of sp³-hybridized carbons (Fsp3) is 0.200. The normalized spacial score (nSPS) is 12.2. The lowest BCUT2D eigenvalue weighted by Crippen LogP contribution is -2.19. The molecule has 2 aromatic rings. The molecule has 1 unspecified atom stereocenters. The monoisotopic (exact) mass is 313 g/mol. The highest BCUT2D eigenvalue weighted by molar-refractivity contribution is 6.42. The molecule has 0 aliphatic rings. The van der Waals surface area contributed by atoms with Crippen LogP contribution < -0.4 is 10.1 Å². The number of hydrogen-bond acceptors (Lipinski definition) is 2. The first-order valence-corrected chi connectivity index (χ1v) is 6.78. The molecule has 20 heavy (non-hydrogen) atoms. The van der Waals surface area contributed by atoms with E-state index in [1.165, 1.54) is 13.2 Å². The molecular formula is C15H14Cl2FNO. The number of methoxy groups -OCH3 is 1. The lowest BCUT2D eigenvalue weighted by molar-refractivity contribution is 0.410. The molecule has 106 valence electrons. The first kappa shape index (κ1) is 15.1. The van der Waals surface area contributed by atoms with Crippen LogP contribution in [-0.2, 0) is 0 Å². The fourth-order valence-electron chi connectivity index (χ4n) is 2.06. The van der Waals surface area contributed by atoms with Crippen molar-refractivity contribution in [1.82, 2.24) is 5.32 Å². The molecule has 0 aromatic heterocycles. The van der Waals surface area contributed by atoms with Gasteiger partial charge in [0.05, 0.1) is 23.2 Å². The van der Waals surface area contributed by atoms with Gasteiger partial charge in [-0.15, -0.1) is 0 Å². The molecule has 2 nitrogen and oxygen atoms in total. The van der Waals surface area contributed by atoms with Crippen LogP contribution >= 0.6 is 23.2 Å². The number of halogens is 3. The second-order valence-corrected chi connectivity index (χ2v) is 5.10. The molecule has 0 spiro atoms. The lowest BCUT2D eigenvalue weighted by Gasteiger charge is -2.19. The maximum atomic E-state index is 14.2. The summed E-state index contributed by atoms with van der Waals surface area (Å²) in [6, 6.07) is 9.71. The van der Waals surface area contributed by atoms with Gasteiger partial charge in [0.15, 0.2) is 0 Å². The summed E-state index contributed by atoms with van der Waals surface area (Å²) >= 11 is 11.9. The van der Waals surface area contributed by atoms with Crippen molar-refractivity contribution in [1.29, 1.82) is 0 Å². The summed E-state index contributed by atoms with van der Waals surface area (Å²) < 4.78 is 19.2. The first-order valence-electron chi connectivity index (χ1n) is 6.02. The fourth-order valence-corrected chi connectivity index (χ4v) is 2.37. The highest BCUT2D eigenvalue weighted by Gasteiger charge is 2.17. The summed E-state index contributed by atoms with van der Waals surface area (Å²) in [6.07, 6.45) is 0. The Kier molecular flexibility index (Phi) is 4.86. The van der Waals surface area contributed by atoms with E-state index in [2.05, 4.69) is 5.32 Å². The number of rotatable bonds is 4. The second-order valence-electron chi connectivity index (χ2n) is 4.28. The van der Waals surface area contributed by atoms with E-state index in [0.717, 1.165) is 5.56 Å². The topological polar surface area (TPSA) is 21.3 Å². The van der Waals surface area contributed by atoms with Gasteiger partial charge in [-0.2, -0.15) is 0 Å². The number of hydrogen-bond donors (Lipinski definition) is 1. The van der Waals surface area contributed by atoms with Crippen molar-refractivity contribution in [3.05, 3.63) is 63.4 Å². The van der Waals surface area contributed by atoms with E-state index >= 15 is 0 Å². The van der Waals surface area contributed by atoms with Crippen LogP contribution in [0.15, 0.2) is 36.4 Å². The summed E-state index contributed by atoms with van der Waals surface area (Å²) in [5.41, 5.74) is 1.36. The van der Waals surface area contributed by atoms with E-state index in [1.54, 1.807) is 31.3 Å². The molecule has 0 saturated heterocycles. The highest BCUT2D eigenvalue weighted by atomic mass is 35.5. The maximum Gasteiger partial charge on any atom is 0.132 e. The second kappa shape index (κ2) is 6.44. The Morgan fingerprint density at radius 1 is 1.10 bits per heavy atom. The van der Waals surface area contributed by atoms with Gasteiger partial charge in [0.1, 0.15) is 11.6 Å². The molecule has 2 rings (SSSR count). The number of nitrogens with one attached hydrogen (secondary N) is 1. The van der Waals surface area contributed by atoms with Crippen LogP contribution in [0.3, 0.4) is 0 Å².